The van der Waals surface area contributed by atoms with Crippen molar-refractivity contribution in [3.8, 4) is 11.3 Å². The monoisotopic (exact) mass is 227 g/mol. The number of nitrogen functional groups attached to an aromatic ring is 1. The molecule has 6 N–H and O–H groups in total. The van der Waals surface area contributed by atoms with Crippen LogP contribution in [0.3, 0.4) is 0 Å². The summed E-state index contributed by atoms with van der Waals surface area (Å²) in [5, 5.41) is 0. The maximum atomic E-state index is 5.71. The Labute approximate surface area is 99.0 Å². The van der Waals surface area contributed by atoms with Crippen molar-refractivity contribution >= 4 is 17.3 Å². The lowest BCUT2D eigenvalue weighted by Crippen LogP contribution is -2.21. The van der Waals surface area contributed by atoms with Gasteiger partial charge in [0.2, 0.25) is 0 Å². The second kappa shape index (κ2) is 4.52. The predicted molar refractivity (Wildman–Crippen MR) is 69.6 cm³/mol. The molecule has 86 valence electrons. The lowest BCUT2D eigenvalue weighted by Gasteiger charge is -2.03. The van der Waals surface area contributed by atoms with E-state index in [9.17, 15) is 0 Å². The molecule has 2 aromatic rings. The first-order valence-corrected chi connectivity index (χ1v) is 5.07. The van der Waals surface area contributed by atoms with E-state index in [-0.39, 0.29) is 5.96 Å². The second-order valence-corrected chi connectivity index (χ2v) is 3.56. The molecular weight excluding hydrogens is 214 g/mol. The molecule has 0 fully saturated rings. The first-order valence-electron chi connectivity index (χ1n) is 5.07. The van der Waals surface area contributed by atoms with Crippen LogP contribution in [0.25, 0.3) is 11.3 Å². The molecule has 0 amide bonds. The first kappa shape index (κ1) is 10.9. The highest BCUT2D eigenvalue weighted by molar-refractivity contribution is 5.79. The van der Waals surface area contributed by atoms with Crippen LogP contribution in [-0.2, 0) is 0 Å². The topological polar surface area (TPSA) is 103 Å². The van der Waals surface area contributed by atoms with E-state index >= 15 is 0 Å². The highest BCUT2D eigenvalue weighted by Gasteiger charge is 2.00. The van der Waals surface area contributed by atoms with Crippen LogP contribution in [0.1, 0.15) is 0 Å². The molecule has 2 rings (SSSR count). The maximum Gasteiger partial charge on any atom is 0.191 e. The van der Waals surface area contributed by atoms with Crippen LogP contribution in [0.15, 0.2) is 47.6 Å². The van der Waals surface area contributed by atoms with Gasteiger partial charge in [0.05, 0.1) is 11.4 Å². The van der Waals surface area contributed by atoms with E-state index in [0.717, 1.165) is 11.3 Å². The van der Waals surface area contributed by atoms with Crippen molar-refractivity contribution in [2.75, 3.05) is 5.73 Å². The van der Waals surface area contributed by atoms with Crippen molar-refractivity contribution in [3.05, 3.63) is 42.6 Å². The number of aromatic nitrogens is 1. The number of anilines is 1. The Morgan fingerprint density at radius 2 is 1.94 bits per heavy atom. The molecule has 1 aromatic carbocycles. The third-order valence-corrected chi connectivity index (χ3v) is 2.18. The fraction of sp³-hybridized carbons (Fsp3) is 0. The van der Waals surface area contributed by atoms with Crippen molar-refractivity contribution in [1.29, 1.82) is 0 Å². The van der Waals surface area contributed by atoms with Gasteiger partial charge in [-0.15, -0.1) is 0 Å². The fourth-order valence-corrected chi connectivity index (χ4v) is 1.49. The number of nitrogens with zero attached hydrogens (tertiary/aromatic N) is 2. The van der Waals surface area contributed by atoms with E-state index in [1.807, 2.05) is 24.3 Å². The molecule has 0 aliphatic heterocycles. The van der Waals surface area contributed by atoms with Gasteiger partial charge >= 0.3 is 0 Å². The van der Waals surface area contributed by atoms with Crippen molar-refractivity contribution in [2.45, 2.75) is 0 Å². The van der Waals surface area contributed by atoms with Crippen LogP contribution in [0.4, 0.5) is 11.4 Å². The molecule has 5 heteroatoms. The lowest BCUT2D eigenvalue weighted by atomic mass is 10.1. The van der Waals surface area contributed by atoms with Crippen molar-refractivity contribution in [2.24, 2.45) is 16.5 Å². The highest BCUT2D eigenvalue weighted by Crippen LogP contribution is 2.23. The SMILES string of the molecule is NC(N)=Nc1cccc(-c2cc(N)ccn2)c1. The van der Waals surface area contributed by atoms with Gasteiger partial charge < -0.3 is 17.2 Å². The van der Waals surface area contributed by atoms with E-state index < -0.39 is 0 Å². The van der Waals surface area contributed by atoms with Gasteiger partial charge in [0, 0.05) is 17.4 Å². The average molecular weight is 227 g/mol. The van der Waals surface area contributed by atoms with Gasteiger partial charge in [0.25, 0.3) is 0 Å². The minimum atomic E-state index is 0.0303. The van der Waals surface area contributed by atoms with E-state index in [0.29, 0.717) is 11.4 Å². The molecule has 0 spiro atoms. The Balaban J connectivity index is 2.43. The minimum Gasteiger partial charge on any atom is -0.399 e. The molecule has 0 saturated heterocycles. The quantitative estimate of drug-likeness (QED) is 0.530. The van der Waals surface area contributed by atoms with E-state index in [1.54, 1.807) is 18.3 Å². The third-order valence-electron chi connectivity index (χ3n) is 2.18. The molecule has 1 heterocycles. The summed E-state index contributed by atoms with van der Waals surface area (Å²) in [6.45, 7) is 0. The van der Waals surface area contributed by atoms with E-state index in [2.05, 4.69) is 9.98 Å². The molecule has 0 bridgehead atoms. The number of benzene rings is 1. The largest absolute Gasteiger partial charge is 0.399 e. The summed E-state index contributed by atoms with van der Waals surface area (Å²) in [5.41, 5.74) is 19.4. The summed E-state index contributed by atoms with van der Waals surface area (Å²) in [7, 11) is 0. The van der Waals surface area contributed by atoms with Gasteiger partial charge in [-0.25, -0.2) is 4.99 Å². The minimum absolute atomic E-state index is 0.0303. The Hall–Kier alpha value is -2.56. The molecule has 0 unspecified atom stereocenters. The number of guanidine groups is 1. The van der Waals surface area contributed by atoms with E-state index in [4.69, 9.17) is 17.2 Å². The third kappa shape index (κ3) is 2.72. The highest BCUT2D eigenvalue weighted by atomic mass is 15.0. The summed E-state index contributed by atoms with van der Waals surface area (Å²) in [6.07, 6.45) is 1.66. The van der Waals surface area contributed by atoms with Gasteiger partial charge in [-0.2, -0.15) is 0 Å². The molecule has 0 radical (unpaired) electrons. The standard InChI is InChI=1S/C12H13N5/c13-9-4-5-16-11(7-9)8-2-1-3-10(6-8)17-12(14)15/h1-7H,(H2,13,16)(H4,14,15,17). The Morgan fingerprint density at radius 3 is 2.65 bits per heavy atom. The normalized spacial score (nSPS) is 9.88. The van der Waals surface area contributed by atoms with Crippen LogP contribution in [0, 0.1) is 0 Å². The summed E-state index contributed by atoms with van der Waals surface area (Å²) >= 11 is 0. The molecule has 0 saturated carbocycles. The van der Waals surface area contributed by atoms with Gasteiger partial charge in [0.1, 0.15) is 0 Å². The van der Waals surface area contributed by atoms with E-state index in [1.165, 1.54) is 0 Å². The van der Waals surface area contributed by atoms with Crippen LogP contribution in [-0.4, -0.2) is 10.9 Å². The van der Waals surface area contributed by atoms with Crippen LogP contribution in [0.5, 0.6) is 0 Å². The number of hydrogen-bond donors (Lipinski definition) is 3. The van der Waals surface area contributed by atoms with Crippen LogP contribution < -0.4 is 17.2 Å². The summed E-state index contributed by atoms with van der Waals surface area (Å²) < 4.78 is 0. The Bertz CT molecular complexity index is 558. The van der Waals surface area contributed by atoms with Crippen LogP contribution >= 0.6 is 0 Å². The van der Waals surface area contributed by atoms with Crippen molar-refractivity contribution in [1.82, 2.24) is 4.98 Å². The lowest BCUT2D eigenvalue weighted by molar-refractivity contribution is 1.32. The number of pyridine rings is 1. The predicted octanol–water partition coefficient (Wildman–Crippen LogP) is 1.24. The molecule has 0 aliphatic rings. The zero-order chi connectivity index (χ0) is 12.3. The number of rotatable bonds is 2. The molecule has 0 atom stereocenters. The molecular formula is C12H13N5. The van der Waals surface area contributed by atoms with Gasteiger partial charge in [0.15, 0.2) is 5.96 Å². The second-order valence-electron chi connectivity index (χ2n) is 3.56. The smallest absolute Gasteiger partial charge is 0.191 e. The van der Waals surface area contributed by atoms with Crippen molar-refractivity contribution in [3.63, 3.8) is 0 Å². The zero-order valence-corrected chi connectivity index (χ0v) is 9.17. The first-order chi connectivity index (χ1) is 8.15. The van der Waals surface area contributed by atoms with Gasteiger partial charge in [-0.3, -0.25) is 4.98 Å². The van der Waals surface area contributed by atoms with Crippen molar-refractivity contribution < 1.29 is 0 Å². The Kier molecular flexibility index (Phi) is 2.91. The van der Waals surface area contributed by atoms with Gasteiger partial charge in [-0.1, -0.05) is 12.1 Å². The zero-order valence-electron chi connectivity index (χ0n) is 9.17. The van der Waals surface area contributed by atoms with Crippen LogP contribution in [0.2, 0.25) is 0 Å². The fourth-order valence-electron chi connectivity index (χ4n) is 1.49. The summed E-state index contributed by atoms with van der Waals surface area (Å²) in [4.78, 5) is 8.22. The maximum absolute atomic E-state index is 5.71. The van der Waals surface area contributed by atoms with Gasteiger partial charge in [-0.05, 0) is 24.3 Å². The molecule has 0 aliphatic carbocycles. The number of nitrogens with two attached hydrogens (primary N) is 3. The number of aliphatic imine (C=N–C) groups is 1. The molecule has 5 nitrogen and oxygen atoms in total. The Morgan fingerprint density at radius 1 is 1.12 bits per heavy atom. The molecule has 17 heavy (non-hydrogen) atoms. The molecule has 1 aromatic heterocycles. The average Bonchev–Trinajstić information content (AvgIpc) is 2.28. The summed E-state index contributed by atoms with van der Waals surface area (Å²) in [6, 6.07) is 11.0. The number of hydrogen-bond acceptors (Lipinski definition) is 3. The summed E-state index contributed by atoms with van der Waals surface area (Å²) in [5.74, 6) is 0.0303.